The van der Waals surface area contributed by atoms with Crippen LogP contribution in [0.2, 0.25) is 0 Å². The molecule has 0 spiro atoms. The highest BCUT2D eigenvalue weighted by Crippen LogP contribution is 2.02. The summed E-state index contributed by atoms with van der Waals surface area (Å²) in [5.74, 6) is 0.322. The average Bonchev–Trinajstić information content (AvgIpc) is 2.32. The van der Waals surface area contributed by atoms with Gasteiger partial charge in [0.2, 0.25) is 0 Å². The van der Waals surface area contributed by atoms with Crippen LogP contribution in [0.4, 0.5) is 0 Å². The number of benzene rings is 2. The van der Waals surface area contributed by atoms with E-state index in [0.717, 1.165) is 5.56 Å². The first-order valence-corrected chi connectivity index (χ1v) is 4.69. The maximum Gasteiger partial charge on any atom is 0.115 e. The van der Waals surface area contributed by atoms with Crippen molar-refractivity contribution in [3.05, 3.63) is 66.2 Å². The van der Waals surface area contributed by atoms with Gasteiger partial charge in [0.05, 0.1) is 0 Å². The van der Waals surface area contributed by atoms with Crippen LogP contribution >= 0.6 is 0 Å². The van der Waals surface area contributed by atoms with E-state index in [9.17, 15) is 5.11 Å². The van der Waals surface area contributed by atoms with E-state index in [-0.39, 0.29) is 6.61 Å². The summed E-state index contributed by atoms with van der Waals surface area (Å²) in [5, 5.41) is 18.8. The van der Waals surface area contributed by atoms with E-state index in [1.165, 1.54) is 0 Å². The van der Waals surface area contributed by atoms with Crippen molar-refractivity contribution in [2.24, 2.45) is 0 Å². The predicted molar refractivity (Wildman–Crippen MR) is 58.9 cm³/mol. The number of rotatable bonds is 1. The molecule has 0 aliphatic rings. The summed E-state index contributed by atoms with van der Waals surface area (Å²) >= 11 is 0. The fraction of sp³-hybridized carbons (Fsp3) is 0.0769. The molecule has 2 heteroatoms. The van der Waals surface area contributed by atoms with E-state index >= 15 is 0 Å². The highest BCUT2D eigenvalue weighted by Gasteiger charge is 1.82. The number of phenols is 1. The van der Waals surface area contributed by atoms with Gasteiger partial charge in [-0.1, -0.05) is 48.5 Å². The lowest BCUT2D eigenvalue weighted by Crippen LogP contribution is -1.75. The highest BCUT2D eigenvalue weighted by atomic mass is 16.3. The van der Waals surface area contributed by atoms with Crippen LogP contribution in [-0.2, 0) is 11.7 Å². The predicted octanol–water partition coefficient (Wildman–Crippen LogP) is 3.01. The van der Waals surface area contributed by atoms with Gasteiger partial charge < -0.3 is 5.11 Å². The largest absolute Gasteiger partial charge is 0.508 e. The Hall–Kier alpha value is -1.80. The molecule has 0 fully saturated rings. The zero-order chi connectivity index (χ0) is 10.9. The third-order valence-electron chi connectivity index (χ3n) is 1.77. The van der Waals surface area contributed by atoms with Crippen molar-refractivity contribution in [2.75, 3.05) is 0 Å². The molecule has 0 aromatic heterocycles. The Morgan fingerprint density at radius 2 is 1.27 bits per heavy atom. The summed E-state index contributed by atoms with van der Waals surface area (Å²) in [6.07, 6.45) is 0. The molecule has 0 atom stereocenters. The first-order valence-electron chi connectivity index (χ1n) is 4.69. The lowest BCUT2D eigenvalue weighted by Gasteiger charge is -1.87. The van der Waals surface area contributed by atoms with Crippen molar-refractivity contribution in [2.45, 2.75) is 6.61 Å². The van der Waals surface area contributed by atoms with Crippen LogP contribution in [0.1, 0.15) is 5.56 Å². The van der Waals surface area contributed by atoms with Gasteiger partial charge in [-0.05, 0) is 17.7 Å². The van der Waals surface area contributed by atoms with Crippen LogP contribution in [0, 0.1) is 0 Å². The Kier molecular flexibility index (Phi) is 4.98. The van der Waals surface area contributed by atoms with Crippen molar-refractivity contribution in [1.29, 1.82) is 0 Å². The average molecular weight is 201 g/mol. The van der Waals surface area contributed by atoms with Crippen molar-refractivity contribution in [3.63, 3.8) is 0 Å². The third-order valence-corrected chi connectivity index (χ3v) is 1.77. The highest BCUT2D eigenvalue weighted by molar-refractivity contribution is 5.18. The number of hydrogen-bond acceptors (Lipinski definition) is 1. The number of para-hydroxylation sites is 1. The normalized spacial score (nSPS) is 8.87. The summed E-state index contributed by atoms with van der Waals surface area (Å²) < 4.78 is 0. The fourth-order valence-corrected chi connectivity index (χ4v) is 1.00. The van der Waals surface area contributed by atoms with E-state index < -0.39 is 0 Å². The smallest absolute Gasteiger partial charge is 0.115 e. The summed E-state index contributed by atoms with van der Waals surface area (Å²) in [6.45, 7) is -0.110. The van der Waals surface area contributed by atoms with Crippen LogP contribution in [0.3, 0.4) is 0 Å². The third kappa shape index (κ3) is 4.84. The molecular weight excluding hydrogens is 188 g/mol. The van der Waals surface area contributed by atoms with E-state index in [2.05, 4.69) is 0 Å². The molecule has 0 saturated heterocycles. The second kappa shape index (κ2) is 6.62. The molecule has 2 aromatic rings. The fourth-order valence-electron chi connectivity index (χ4n) is 1.00. The summed E-state index contributed by atoms with van der Waals surface area (Å²) in [5.41, 5.74) is 0.854. The minimum Gasteiger partial charge on any atom is -0.508 e. The van der Waals surface area contributed by atoms with E-state index in [1.807, 2.05) is 36.4 Å². The van der Waals surface area contributed by atoms with Gasteiger partial charge in [0.25, 0.3) is 0 Å². The molecule has 2 aromatic carbocycles. The Morgan fingerprint density at radius 1 is 0.800 bits per heavy atom. The zero-order valence-corrected chi connectivity index (χ0v) is 8.34. The first kappa shape index (κ1) is 11.3. The Labute approximate surface area is 89.4 Å². The van der Waals surface area contributed by atoms with Gasteiger partial charge in [-0.3, -0.25) is 0 Å². The van der Waals surface area contributed by atoms with Gasteiger partial charge in [-0.25, -0.2) is 5.11 Å². The molecule has 77 valence electrons. The second-order valence-electron chi connectivity index (χ2n) is 2.97. The number of aromatic hydroxyl groups is 1. The zero-order valence-electron chi connectivity index (χ0n) is 8.34. The van der Waals surface area contributed by atoms with Gasteiger partial charge in [-0.15, -0.1) is 0 Å². The maximum absolute atomic E-state index is 10.1. The van der Waals surface area contributed by atoms with Gasteiger partial charge in [0.15, 0.2) is 0 Å². The van der Waals surface area contributed by atoms with Crippen molar-refractivity contribution >= 4 is 0 Å². The van der Waals surface area contributed by atoms with Crippen molar-refractivity contribution < 1.29 is 10.2 Å². The minimum atomic E-state index is -0.110. The SMILES string of the molecule is Oc1ccccc1.[O]Cc1ccccc1. The van der Waals surface area contributed by atoms with Crippen molar-refractivity contribution in [1.82, 2.24) is 0 Å². The van der Waals surface area contributed by atoms with Crippen LogP contribution in [0.5, 0.6) is 5.75 Å². The van der Waals surface area contributed by atoms with Crippen LogP contribution in [0.15, 0.2) is 60.7 Å². The molecule has 0 saturated carbocycles. The Bertz CT molecular complexity index is 357. The molecule has 0 aliphatic carbocycles. The summed E-state index contributed by atoms with van der Waals surface area (Å²) in [7, 11) is 0. The van der Waals surface area contributed by atoms with E-state index in [4.69, 9.17) is 5.11 Å². The molecule has 0 amide bonds. The maximum atomic E-state index is 10.1. The minimum absolute atomic E-state index is 0.110. The summed E-state index contributed by atoms with van der Waals surface area (Å²) in [6, 6.07) is 18.0. The van der Waals surface area contributed by atoms with Gasteiger partial charge >= 0.3 is 0 Å². The van der Waals surface area contributed by atoms with Crippen molar-refractivity contribution in [3.8, 4) is 5.75 Å². The Morgan fingerprint density at radius 3 is 1.53 bits per heavy atom. The molecule has 1 radical (unpaired) electrons. The van der Waals surface area contributed by atoms with Gasteiger partial charge in [0, 0.05) is 0 Å². The molecule has 0 heterocycles. The topological polar surface area (TPSA) is 40.1 Å². The molecule has 1 N–H and O–H groups in total. The lowest BCUT2D eigenvalue weighted by atomic mass is 10.2. The first-order chi connectivity index (χ1) is 7.33. The van der Waals surface area contributed by atoms with E-state index in [0.29, 0.717) is 5.75 Å². The Balaban J connectivity index is 0.000000151. The molecule has 2 rings (SSSR count). The monoisotopic (exact) mass is 201 g/mol. The standard InChI is InChI=1S/C7H7O.C6H6O/c8-6-7-4-2-1-3-5-7;7-6-4-2-1-3-5-6/h1-5H,6H2;1-5,7H. The quantitative estimate of drug-likeness (QED) is 0.756. The number of phenolic OH excluding ortho intramolecular Hbond substituents is 1. The van der Waals surface area contributed by atoms with Crippen LogP contribution in [0.25, 0.3) is 0 Å². The van der Waals surface area contributed by atoms with Gasteiger partial charge in [0.1, 0.15) is 12.4 Å². The van der Waals surface area contributed by atoms with Crippen LogP contribution < -0.4 is 0 Å². The molecule has 15 heavy (non-hydrogen) atoms. The molecule has 2 nitrogen and oxygen atoms in total. The lowest BCUT2D eigenvalue weighted by molar-refractivity contribution is 0.177. The second-order valence-corrected chi connectivity index (χ2v) is 2.97. The van der Waals surface area contributed by atoms with E-state index in [1.54, 1.807) is 24.3 Å². The van der Waals surface area contributed by atoms with Crippen LogP contribution in [-0.4, -0.2) is 5.11 Å². The van der Waals surface area contributed by atoms with Gasteiger partial charge in [-0.2, -0.15) is 0 Å². The molecule has 0 aliphatic heterocycles. The molecule has 0 bridgehead atoms. The molecular formula is C13H13O2. The summed E-state index contributed by atoms with van der Waals surface area (Å²) in [4.78, 5) is 0. The molecule has 0 unspecified atom stereocenters. The number of hydrogen-bond donors (Lipinski definition) is 1.